The van der Waals surface area contributed by atoms with Crippen molar-refractivity contribution >= 4 is 22.8 Å². The van der Waals surface area contributed by atoms with Gasteiger partial charge in [0.15, 0.2) is 17.0 Å². The molecule has 2 aromatic carbocycles. The number of hydrogen-bond donors (Lipinski definition) is 0. The van der Waals surface area contributed by atoms with E-state index in [4.69, 9.17) is 16.6 Å². The van der Waals surface area contributed by atoms with E-state index in [0.717, 1.165) is 29.1 Å². The first kappa shape index (κ1) is 17.6. The summed E-state index contributed by atoms with van der Waals surface area (Å²) >= 11 is 6.28. The van der Waals surface area contributed by atoms with Crippen LogP contribution in [0.3, 0.4) is 0 Å². The zero-order valence-electron chi connectivity index (χ0n) is 15.7. The van der Waals surface area contributed by atoms with Gasteiger partial charge in [-0.3, -0.25) is 4.57 Å². The summed E-state index contributed by atoms with van der Waals surface area (Å²) in [4.78, 5) is 18.2. The number of hydrogen-bond acceptors (Lipinski definition) is 4. The van der Waals surface area contributed by atoms with Crippen LogP contribution in [0.2, 0.25) is 5.28 Å². The molecular weight excluding hydrogens is 384 g/mol. The molecule has 0 N–H and O–H groups in total. The van der Waals surface area contributed by atoms with Crippen molar-refractivity contribution in [1.29, 1.82) is 0 Å². The van der Waals surface area contributed by atoms with Gasteiger partial charge >= 0.3 is 0 Å². The minimum absolute atomic E-state index is 0.177. The zero-order valence-corrected chi connectivity index (χ0v) is 16.5. The Hall–Kier alpha value is -3.51. The van der Waals surface area contributed by atoms with Gasteiger partial charge in [-0.05, 0) is 18.5 Å². The molecule has 0 unspecified atom stereocenters. The summed E-state index contributed by atoms with van der Waals surface area (Å²) < 4.78 is 3.89. The highest BCUT2D eigenvalue weighted by Crippen LogP contribution is 2.34. The lowest BCUT2D eigenvalue weighted by molar-refractivity contribution is 0.777. The number of fused-ring (bicyclic) bond motifs is 1. The van der Waals surface area contributed by atoms with Crippen LogP contribution in [0.25, 0.3) is 39.5 Å². The third kappa shape index (κ3) is 2.98. The lowest BCUT2D eigenvalue weighted by Gasteiger charge is -2.11. The van der Waals surface area contributed by atoms with Crippen molar-refractivity contribution in [3.63, 3.8) is 0 Å². The van der Waals surface area contributed by atoms with E-state index in [-0.39, 0.29) is 5.28 Å². The highest BCUT2D eigenvalue weighted by atomic mass is 35.5. The monoisotopic (exact) mass is 400 g/mol. The molecule has 29 heavy (non-hydrogen) atoms. The first-order chi connectivity index (χ1) is 14.3. The summed E-state index contributed by atoms with van der Waals surface area (Å²) in [5.41, 5.74) is 5.25. The Labute approximate surface area is 172 Å². The second kappa shape index (κ2) is 7.14. The van der Waals surface area contributed by atoms with Crippen LogP contribution in [0.15, 0.2) is 73.3 Å². The minimum Gasteiger partial charge on any atom is -0.315 e. The van der Waals surface area contributed by atoms with Crippen molar-refractivity contribution in [1.82, 2.24) is 29.1 Å². The Morgan fingerprint density at radius 2 is 1.52 bits per heavy atom. The summed E-state index contributed by atoms with van der Waals surface area (Å²) in [7, 11) is 0. The van der Waals surface area contributed by atoms with E-state index in [1.807, 2.05) is 64.6 Å². The molecule has 0 amide bonds. The molecule has 0 atom stereocenters. The quantitative estimate of drug-likeness (QED) is 0.397. The molecule has 0 fully saturated rings. The van der Waals surface area contributed by atoms with E-state index in [1.165, 1.54) is 0 Å². The van der Waals surface area contributed by atoms with Crippen molar-refractivity contribution in [3.8, 4) is 28.3 Å². The van der Waals surface area contributed by atoms with E-state index in [0.29, 0.717) is 17.0 Å². The summed E-state index contributed by atoms with van der Waals surface area (Å²) in [6, 6.07) is 20.2. The van der Waals surface area contributed by atoms with Crippen molar-refractivity contribution in [2.45, 2.75) is 13.5 Å². The second-order valence-electron chi connectivity index (χ2n) is 6.56. The molecule has 142 valence electrons. The lowest BCUT2D eigenvalue weighted by Crippen LogP contribution is -2.03. The second-order valence-corrected chi connectivity index (χ2v) is 6.90. The molecule has 5 rings (SSSR count). The average molecular weight is 401 g/mol. The van der Waals surface area contributed by atoms with Crippen LogP contribution >= 0.6 is 11.6 Å². The number of aryl methyl sites for hydroxylation is 1. The number of halogens is 1. The van der Waals surface area contributed by atoms with Gasteiger partial charge in [0.05, 0.1) is 17.7 Å². The number of aromatic nitrogens is 6. The first-order valence-electron chi connectivity index (χ1n) is 9.33. The molecule has 0 saturated carbocycles. The normalized spacial score (nSPS) is 11.2. The third-order valence-corrected chi connectivity index (χ3v) is 5.02. The standard InChI is InChI=1S/C22H17ClN6/c1-2-28-13-24-18-20(28)26-22(23)27-21(18)29-14-25-17(15-9-5-3-6-10-15)19(29)16-11-7-4-8-12-16/h3-14H,2H2,1H3. The van der Waals surface area contributed by atoms with Gasteiger partial charge in [0.2, 0.25) is 5.28 Å². The van der Waals surface area contributed by atoms with E-state index >= 15 is 0 Å². The van der Waals surface area contributed by atoms with Crippen molar-refractivity contribution in [3.05, 3.63) is 78.6 Å². The fourth-order valence-corrected chi connectivity index (χ4v) is 3.65. The van der Waals surface area contributed by atoms with Gasteiger partial charge in [0, 0.05) is 17.7 Å². The van der Waals surface area contributed by atoms with Gasteiger partial charge in [-0.25, -0.2) is 9.97 Å². The molecule has 0 aliphatic carbocycles. The third-order valence-electron chi connectivity index (χ3n) is 4.85. The summed E-state index contributed by atoms with van der Waals surface area (Å²) in [5.74, 6) is 0.612. The van der Waals surface area contributed by atoms with Gasteiger partial charge in [-0.15, -0.1) is 0 Å². The molecule has 0 bridgehead atoms. The number of rotatable bonds is 4. The smallest absolute Gasteiger partial charge is 0.226 e. The predicted octanol–water partition coefficient (Wildman–Crippen LogP) is 5.02. The fraction of sp³-hybridized carbons (Fsp3) is 0.0909. The topological polar surface area (TPSA) is 61.4 Å². The SMILES string of the molecule is CCn1cnc2c(-n3cnc(-c4ccccc4)c3-c3ccccc3)nc(Cl)nc21. The molecule has 0 saturated heterocycles. The predicted molar refractivity (Wildman–Crippen MR) is 114 cm³/mol. The van der Waals surface area contributed by atoms with Crippen molar-refractivity contribution in [2.75, 3.05) is 0 Å². The Balaban J connectivity index is 1.83. The number of imidazole rings is 2. The lowest BCUT2D eigenvalue weighted by atomic mass is 10.0. The van der Waals surface area contributed by atoms with Gasteiger partial charge in [0.1, 0.15) is 6.33 Å². The molecular formula is C22H17ClN6. The molecule has 7 heteroatoms. The summed E-state index contributed by atoms with van der Waals surface area (Å²) in [6.07, 6.45) is 3.53. The molecule has 3 aromatic heterocycles. The van der Waals surface area contributed by atoms with Crippen LogP contribution in [0.4, 0.5) is 0 Å². The highest BCUT2D eigenvalue weighted by molar-refractivity contribution is 6.28. The van der Waals surface area contributed by atoms with Crippen LogP contribution in [-0.2, 0) is 6.54 Å². The van der Waals surface area contributed by atoms with E-state index in [1.54, 1.807) is 12.7 Å². The van der Waals surface area contributed by atoms with Crippen LogP contribution in [0.5, 0.6) is 0 Å². The Bertz CT molecular complexity index is 1290. The van der Waals surface area contributed by atoms with Crippen LogP contribution in [-0.4, -0.2) is 29.1 Å². The van der Waals surface area contributed by atoms with Gasteiger partial charge in [-0.2, -0.15) is 9.97 Å². The molecule has 3 heterocycles. The van der Waals surface area contributed by atoms with E-state index in [2.05, 4.69) is 27.1 Å². The molecule has 6 nitrogen and oxygen atoms in total. The summed E-state index contributed by atoms with van der Waals surface area (Å²) in [5, 5.41) is 0.177. The Morgan fingerprint density at radius 3 is 2.21 bits per heavy atom. The molecule has 0 radical (unpaired) electrons. The molecule has 0 aliphatic rings. The van der Waals surface area contributed by atoms with Gasteiger partial charge in [-0.1, -0.05) is 60.7 Å². The van der Waals surface area contributed by atoms with E-state index in [9.17, 15) is 0 Å². The van der Waals surface area contributed by atoms with Gasteiger partial charge < -0.3 is 4.57 Å². The van der Waals surface area contributed by atoms with Crippen LogP contribution in [0.1, 0.15) is 6.92 Å². The number of benzene rings is 2. The molecule has 0 spiro atoms. The summed E-state index contributed by atoms with van der Waals surface area (Å²) in [6.45, 7) is 2.78. The molecule has 5 aromatic rings. The zero-order chi connectivity index (χ0) is 19.8. The fourth-order valence-electron chi connectivity index (χ4n) is 3.49. The van der Waals surface area contributed by atoms with E-state index < -0.39 is 0 Å². The van der Waals surface area contributed by atoms with Crippen LogP contribution in [0, 0.1) is 0 Å². The average Bonchev–Trinajstić information content (AvgIpc) is 3.38. The van der Waals surface area contributed by atoms with Crippen LogP contribution < -0.4 is 0 Å². The largest absolute Gasteiger partial charge is 0.315 e. The first-order valence-corrected chi connectivity index (χ1v) is 9.71. The maximum Gasteiger partial charge on any atom is 0.226 e. The van der Waals surface area contributed by atoms with Gasteiger partial charge in [0.25, 0.3) is 0 Å². The van der Waals surface area contributed by atoms with Crippen molar-refractivity contribution < 1.29 is 0 Å². The Morgan fingerprint density at radius 1 is 0.828 bits per heavy atom. The molecule has 0 aliphatic heterocycles. The Kier molecular flexibility index (Phi) is 4.33. The number of nitrogens with zero attached hydrogens (tertiary/aromatic N) is 6. The highest BCUT2D eigenvalue weighted by Gasteiger charge is 2.21. The van der Waals surface area contributed by atoms with Crippen molar-refractivity contribution in [2.24, 2.45) is 0 Å². The maximum absolute atomic E-state index is 6.28. The maximum atomic E-state index is 6.28. The minimum atomic E-state index is 0.177.